The molecule has 1 saturated carbocycles. The Labute approximate surface area is 193 Å². The number of amides is 2. The van der Waals surface area contributed by atoms with Gasteiger partial charge in [0, 0.05) is 24.6 Å². The number of fused-ring (bicyclic) bond motifs is 2. The van der Waals surface area contributed by atoms with Crippen molar-refractivity contribution in [2.45, 2.75) is 63.3 Å². The molecule has 0 radical (unpaired) electrons. The molecule has 8 nitrogen and oxygen atoms in total. The highest BCUT2D eigenvalue weighted by Crippen LogP contribution is 2.45. The number of hydrogen-bond donors (Lipinski definition) is 3. The minimum atomic E-state index is -0.508. The minimum absolute atomic E-state index is 0.0315. The second kappa shape index (κ2) is 9.09. The van der Waals surface area contributed by atoms with Crippen molar-refractivity contribution in [3.8, 4) is 0 Å². The van der Waals surface area contributed by atoms with Crippen LogP contribution in [0.25, 0.3) is 0 Å². The zero-order valence-electron chi connectivity index (χ0n) is 19.0. The average Bonchev–Trinajstić information content (AvgIpc) is 3.08. The normalized spacial score (nSPS) is 20.7. The third kappa shape index (κ3) is 4.31. The number of anilines is 3. The van der Waals surface area contributed by atoms with Gasteiger partial charge in [0.1, 0.15) is 11.9 Å². The van der Waals surface area contributed by atoms with E-state index in [9.17, 15) is 9.59 Å². The van der Waals surface area contributed by atoms with Crippen molar-refractivity contribution in [3.05, 3.63) is 41.6 Å². The molecule has 3 heterocycles. The Morgan fingerprint density at radius 1 is 1.18 bits per heavy atom. The Kier molecular flexibility index (Phi) is 6.01. The number of benzene rings is 1. The van der Waals surface area contributed by atoms with E-state index in [-0.39, 0.29) is 17.7 Å². The standard InChI is InChI=1S/C25H31N5O3/c1-16-13-21(30-26-15-16)29-22(17-5-3-2-4-6-17)23(31)27-18-7-8-19-20(14-18)28-24(32)25(19)9-11-33-12-10-25/h7-8,13-15,17,22H,2-6,9-12H2,1H3,(H,27,31)(H,28,32)(H,29,30)/t22-/m0/s1. The number of rotatable bonds is 5. The van der Waals surface area contributed by atoms with Crippen LogP contribution in [0.5, 0.6) is 0 Å². The molecule has 3 N–H and O–H groups in total. The van der Waals surface area contributed by atoms with E-state index in [2.05, 4.69) is 26.1 Å². The molecule has 1 aromatic carbocycles. The van der Waals surface area contributed by atoms with Gasteiger partial charge in [-0.2, -0.15) is 5.10 Å². The molecule has 2 fully saturated rings. The molecule has 1 atom stereocenters. The van der Waals surface area contributed by atoms with Crippen LogP contribution in [0.2, 0.25) is 0 Å². The molecule has 2 amide bonds. The first kappa shape index (κ1) is 21.8. The lowest BCUT2D eigenvalue weighted by molar-refractivity contribution is -0.124. The number of aromatic nitrogens is 2. The Bertz CT molecular complexity index is 1040. The second-order valence-corrected chi connectivity index (χ2v) is 9.54. The van der Waals surface area contributed by atoms with Crippen LogP contribution in [0.3, 0.4) is 0 Å². The van der Waals surface area contributed by atoms with Crippen molar-refractivity contribution in [2.24, 2.45) is 5.92 Å². The van der Waals surface area contributed by atoms with Gasteiger partial charge >= 0.3 is 0 Å². The molecule has 2 aliphatic heterocycles. The predicted molar refractivity (Wildman–Crippen MR) is 126 cm³/mol. The molecule has 0 bridgehead atoms. The first-order valence-electron chi connectivity index (χ1n) is 12.0. The summed E-state index contributed by atoms with van der Waals surface area (Å²) in [6, 6.07) is 7.27. The fourth-order valence-corrected chi connectivity index (χ4v) is 5.50. The summed E-state index contributed by atoms with van der Waals surface area (Å²) in [5, 5.41) is 17.7. The fraction of sp³-hybridized carbons (Fsp3) is 0.520. The van der Waals surface area contributed by atoms with Crippen LogP contribution in [0.1, 0.15) is 56.1 Å². The third-order valence-electron chi connectivity index (χ3n) is 7.33. The van der Waals surface area contributed by atoms with E-state index in [0.717, 1.165) is 42.5 Å². The summed E-state index contributed by atoms with van der Waals surface area (Å²) < 4.78 is 5.48. The SMILES string of the molecule is Cc1cnnc(N[C@H](C(=O)Nc2ccc3c(c2)NC(=O)C32CCOCC2)C2CCCCC2)c1. The monoisotopic (exact) mass is 449 g/mol. The molecule has 1 aliphatic carbocycles. The molecule has 1 aromatic heterocycles. The average molecular weight is 450 g/mol. The van der Waals surface area contributed by atoms with Gasteiger partial charge in [-0.1, -0.05) is 25.3 Å². The lowest BCUT2D eigenvalue weighted by Crippen LogP contribution is -2.42. The van der Waals surface area contributed by atoms with Crippen molar-refractivity contribution in [1.29, 1.82) is 0 Å². The van der Waals surface area contributed by atoms with Gasteiger partial charge in [0.15, 0.2) is 0 Å². The summed E-state index contributed by atoms with van der Waals surface area (Å²) in [5.41, 5.74) is 2.96. The zero-order chi connectivity index (χ0) is 22.8. The molecule has 8 heteroatoms. The van der Waals surface area contributed by atoms with Gasteiger partial charge < -0.3 is 20.7 Å². The van der Waals surface area contributed by atoms with Crippen LogP contribution >= 0.6 is 0 Å². The molecule has 1 spiro atoms. The number of carbonyl (C=O) groups is 2. The van der Waals surface area contributed by atoms with Gasteiger partial charge in [0.05, 0.1) is 11.6 Å². The number of ether oxygens (including phenoxy) is 1. The van der Waals surface area contributed by atoms with Gasteiger partial charge in [-0.3, -0.25) is 9.59 Å². The summed E-state index contributed by atoms with van der Waals surface area (Å²) in [4.78, 5) is 26.2. The van der Waals surface area contributed by atoms with Gasteiger partial charge in [-0.05, 0) is 67.9 Å². The van der Waals surface area contributed by atoms with E-state index in [0.29, 0.717) is 37.6 Å². The fourth-order valence-electron chi connectivity index (χ4n) is 5.50. The highest BCUT2D eigenvalue weighted by atomic mass is 16.5. The van der Waals surface area contributed by atoms with Crippen molar-refractivity contribution < 1.29 is 14.3 Å². The first-order chi connectivity index (χ1) is 16.0. The highest BCUT2D eigenvalue weighted by molar-refractivity contribution is 6.07. The second-order valence-electron chi connectivity index (χ2n) is 9.54. The maximum absolute atomic E-state index is 13.4. The molecule has 3 aliphatic rings. The smallest absolute Gasteiger partial charge is 0.247 e. The zero-order valence-corrected chi connectivity index (χ0v) is 19.0. The van der Waals surface area contributed by atoms with Crippen LogP contribution in [-0.2, 0) is 19.7 Å². The third-order valence-corrected chi connectivity index (χ3v) is 7.33. The lowest BCUT2D eigenvalue weighted by atomic mass is 9.75. The Morgan fingerprint density at radius 3 is 2.73 bits per heavy atom. The maximum atomic E-state index is 13.4. The van der Waals surface area contributed by atoms with E-state index in [1.807, 2.05) is 31.2 Å². The summed E-state index contributed by atoms with van der Waals surface area (Å²) in [5.74, 6) is 0.795. The molecule has 1 saturated heterocycles. The van der Waals surface area contributed by atoms with E-state index in [1.54, 1.807) is 6.20 Å². The van der Waals surface area contributed by atoms with Gasteiger partial charge in [-0.15, -0.1) is 5.10 Å². The molecule has 0 unspecified atom stereocenters. The number of hydrogen-bond acceptors (Lipinski definition) is 6. The predicted octanol–water partition coefficient (Wildman–Crippen LogP) is 3.78. The molecule has 33 heavy (non-hydrogen) atoms. The van der Waals surface area contributed by atoms with Crippen molar-refractivity contribution in [3.63, 3.8) is 0 Å². The quantitative estimate of drug-likeness (QED) is 0.642. The minimum Gasteiger partial charge on any atom is -0.381 e. The number of nitrogens with one attached hydrogen (secondary N) is 3. The van der Waals surface area contributed by atoms with Crippen LogP contribution in [0, 0.1) is 12.8 Å². The van der Waals surface area contributed by atoms with Crippen LogP contribution in [0.4, 0.5) is 17.2 Å². The van der Waals surface area contributed by atoms with Crippen molar-refractivity contribution >= 4 is 29.0 Å². The molecule has 5 rings (SSSR count). The van der Waals surface area contributed by atoms with Crippen molar-refractivity contribution in [1.82, 2.24) is 10.2 Å². The largest absolute Gasteiger partial charge is 0.381 e. The van der Waals surface area contributed by atoms with E-state index in [1.165, 1.54) is 6.42 Å². The highest BCUT2D eigenvalue weighted by Gasteiger charge is 2.47. The van der Waals surface area contributed by atoms with Gasteiger partial charge in [0.2, 0.25) is 11.8 Å². The number of aryl methyl sites for hydroxylation is 1. The van der Waals surface area contributed by atoms with E-state index in [4.69, 9.17) is 4.74 Å². The van der Waals surface area contributed by atoms with E-state index >= 15 is 0 Å². The maximum Gasteiger partial charge on any atom is 0.247 e. The Balaban J connectivity index is 1.36. The molecule has 174 valence electrons. The van der Waals surface area contributed by atoms with E-state index < -0.39 is 11.5 Å². The molecular formula is C25H31N5O3. The molecular weight excluding hydrogens is 418 g/mol. The number of nitrogens with zero attached hydrogens (tertiary/aromatic N) is 2. The topological polar surface area (TPSA) is 105 Å². The van der Waals surface area contributed by atoms with Crippen LogP contribution < -0.4 is 16.0 Å². The van der Waals surface area contributed by atoms with Crippen LogP contribution in [0.15, 0.2) is 30.5 Å². The first-order valence-corrected chi connectivity index (χ1v) is 12.0. The lowest BCUT2D eigenvalue weighted by Gasteiger charge is -2.31. The summed E-state index contributed by atoms with van der Waals surface area (Å²) >= 11 is 0. The summed E-state index contributed by atoms with van der Waals surface area (Å²) in [7, 11) is 0. The van der Waals surface area contributed by atoms with Crippen molar-refractivity contribution in [2.75, 3.05) is 29.2 Å². The van der Waals surface area contributed by atoms with Crippen LogP contribution in [-0.4, -0.2) is 41.3 Å². The van der Waals surface area contributed by atoms with Gasteiger partial charge in [-0.25, -0.2) is 0 Å². The Hall–Kier alpha value is -3.00. The van der Waals surface area contributed by atoms with Gasteiger partial charge in [0.25, 0.3) is 0 Å². The summed E-state index contributed by atoms with van der Waals surface area (Å²) in [6.45, 7) is 3.13. The number of carbonyl (C=O) groups excluding carboxylic acids is 2. The Morgan fingerprint density at radius 2 is 1.97 bits per heavy atom. The summed E-state index contributed by atoms with van der Waals surface area (Å²) in [6.07, 6.45) is 8.56. The molecule has 2 aromatic rings.